The van der Waals surface area contributed by atoms with Crippen molar-refractivity contribution >= 4 is 41.6 Å². The first-order chi connectivity index (χ1) is 68.5. The number of rotatable bonds is 24. The van der Waals surface area contributed by atoms with E-state index in [0.717, 1.165) is 170 Å². The number of esters is 5. The molecule has 16 heteroatoms. The van der Waals surface area contributed by atoms with Gasteiger partial charge in [0, 0.05) is 83.8 Å². The molecule has 17 rings (SSSR count). The average Bonchev–Trinajstić information content (AvgIpc) is 1.22. The van der Waals surface area contributed by atoms with E-state index in [1.54, 1.807) is 89.0 Å². The Morgan fingerprint density at radius 3 is 1.17 bits per heavy atom. The standard InChI is InChI=1S/C14H31N3.C14H24.C13H24.C12H22.C11H22O.C10H18O.C10H20S.C9H17N.C9H14O3.C9H16O2.2C8H14O2/c1-7-13-14(8-2)17-12(6)10(4)15-9(3)11(5)16-13;1-3-13-12-6-10-5-11(7-12)9-14(13,4-2)8-10;1-3-10-8-12-6-5-7-13(12)9-11(10)4-2;1-3-9-7-11-5-6-12(11)8-10(9)4-2;1-5-10-7-8(3)9(4)12-11(10)6-2;1-4-9-7-6-8(3)11-10(9)5-2;1-4-9-6-8(3)11-7-10(9)5-2;1-4-8-6-7(3)10-9(8)5-2;1-3-6-5-8(10)12-9(11)7(6)4-2;1-3-7-5-6-9(10)11-8(7)4-2;2*1-3-6-5-8(9)10-7(6)4-2/h9-17H,7-8H2,1-6H3;10-13H,3-9H2,1-2H3;10-13H,3-9H2,1-2H3;9-12H,3-8H2,1-2H3;8-11H,5-7H2,1-4H3;6-10H,4-5H2,1-3H3;8-10H,4-7H2,1-3H3;7,10H,4-6H2,1-3H3;6-7H,3-5H2,1-2H3;7-8H,3-6H2,1-2H3;2*6-7H,3-5H2,1-2H3/t9?,10?,11?,12?,13-,14+;10?,11?,12?,13-,14?;10-,11+,12?,13?;9-,10+,11?,12?;8?,9?,10-,11-;8?,9-,10-;8?,9-,10+;;6-,7-;7-,8-;2*6-,7-/m.0..000.0111/s1. The second-order valence-corrected chi connectivity index (χ2v) is 49.8. The van der Waals surface area contributed by atoms with Gasteiger partial charge in [0.25, 0.3) is 0 Å². The highest BCUT2D eigenvalue weighted by molar-refractivity contribution is 7.99. The van der Waals surface area contributed by atoms with Gasteiger partial charge < -0.3 is 49.7 Å². The third-order valence-corrected chi connectivity index (χ3v) is 40.9. The Bertz CT molecular complexity index is 3310. The lowest BCUT2D eigenvalue weighted by atomic mass is 9.44. The van der Waals surface area contributed by atoms with E-state index in [0.29, 0.717) is 116 Å². The van der Waals surface area contributed by atoms with E-state index < -0.39 is 0 Å². The second-order valence-electron chi connectivity index (χ2n) is 48.3. The predicted octanol–water partition coefficient (Wildman–Crippen LogP) is 33.4. The molecule has 7 saturated heterocycles. The molecule has 9 aliphatic heterocycles. The molecule has 0 aromatic carbocycles. The van der Waals surface area contributed by atoms with E-state index in [9.17, 15) is 24.0 Å². The Balaban J connectivity index is 0.000000276. The van der Waals surface area contributed by atoms with E-state index in [1.165, 1.54) is 133 Å². The molecule has 0 aromatic rings. The summed E-state index contributed by atoms with van der Waals surface area (Å²) in [6.45, 7) is 73.9. The Morgan fingerprint density at radius 2 is 0.783 bits per heavy atom. The number of ether oxygens (including phenoxy) is 6. The molecule has 4 N–H and O–H groups in total. The van der Waals surface area contributed by atoms with Crippen molar-refractivity contribution in [3.8, 4) is 0 Å². The quantitative estimate of drug-likeness (QED) is 0.0309. The van der Waals surface area contributed by atoms with E-state index in [2.05, 4.69) is 265 Å². The van der Waals surface area contributed by atoms with Crippen molar-refractivity contribution in [3.05, 3.63) is 23.4 Å². The summed E-state index contributed by atoms with van der Waals surface area (Å²) < 4.78 is 31.6. The Labute approximate surface area is 888 Å². The van der Waals surface area contributed by atoms with Crippen molar-refractivity contribution in [2.75, 3.05) is 5.75 Å². The summed E-state index contributed by atoms with van der Waals surface area (Å²) in [6, 6.07) is 3.90. The summed E-state index contributed by atoms with van der Waals surface area (Å²) in [5.74, 6) is 20.0. The molecular formula is C127H236N4O11S. The smallest absolute Gasteiger partial charge is 0.316 e. The van der Waals surface area contributed by atoms with Crippen LogP contribution in [0.3, 0.4) is 0 Å². The van der Waals surface area contributed by atoms with Crippen LogP contribution in [0.25, 0.3) is 0 Å². The number of fused-ring (bicyclic) bond motifs is 2. The molecule has 36 atom stereocenters. The van der Waals surface area contributed by atoms with Crippen molar-refractivity contribution in [2.24, 2.45) is 136 Å². The normalized spacial score (nSPS) is 39.5. The number of thioether (sulfide) groups is 1. The van der Waals surface area contributed by atoms with Crippen molar-refractivity contribution in [1.29, 1.82) is 0 Å². The number of carbonyl (C=O) groups is 5. The van der Waals surface area contributed by atoms with Gasteiger partial charge in [-0.1, -0.05) is 276 Å². The summed E-state index contributed by atoms with van der Waals surface area (Å²) in [5.41, 5.74) is 3.94. The summed E-state index contributed by atoms with van der Waals surface area (Å²) in [5, 5.41) is 15.6. The molecule has 0 aromatic heterocycles. The molecular weight excluding hydrogens is 1790 g/mol. The first-order valence-corrected chi connectivity index (χ1v) is 63.2. The van der Waals surface area contributed by atoms with E-state index in [-0.39, 0.29) is 60.0 Å². The minimum absolute atomic E-state index is 0.0125. The highest BCUT2D eigenvalue weighted by Crippen LogP contribution is 2.65. The van der Waals surface area contributed by atoms with Crippen LogP contribution < -0.4 is 21.3 Å². The van der Waals surface area contributed by atoms with E-state index in [4.69, 9.17) is 23.7 Å². The lowest BCUT2D eigenvalue weighted by Crippen LogP contribution is -2.53. The maximum Gasteiger partial charge on any atom is 0.316 e. The molecule has 9 heterocycles. The number of cyclic esters (lactones) is 5. The van der Waals surface area contributed by atoms with Crippen LogP contribution in [-0.2, 0) is 52.4 Å². The molecule has 8 saturated carbocycles. The maximum absolute atomic E-state index is 11.2. The van der Waals surface area contributed by atoms with Gasteiger partial charge in [-0.05, 0) is 358 Å². The lowest BCUT2D eigenvalue weighted by Gasteiger charge is -2.61. The highest BCUT2D eigenvalue weighted by Gasteiger charge is 2.55. The van der Waals surface area contributed by atoms with Crippen LogP contribution in [0.15, 0.2) is 23.4 Å². The van der Waals surface area contributed by atoms with Crippen LogP contribution in [0, 0.1) is 136 Å². The SMILES string of the molecule is CCC1=C(CC)NC(C)C1.CC[C@@H]1CC(=O)O[C@@H]1CC.CC[C@@H]1CC(=O)O[C@@H]1CC.CC[C@@H]1CC2CCC2C[C@@H]1CC.CC[C@@H]1CC2CCCC2C[C@@H]1CC.CC[C@@H]1CCC(=O)O[C@@H]1CC.CC[C@@H]1CSC(C)C[C@@H]1CC.CC[C@@H]1NC(C)C(C)NC(C)C(C)N[C@@H]1CC.CC[C@H]1C2CC3CC(C2)CC1(CC)C3.CC[C@H]1C=CC(C)O[C@H]1CC.CC[C@H]1CC(=O)OC(=O)[C@H]1CC.CC[C@H]1CC(C)C(C)O[C@H]1CC. The van der Waals surface area contributed by atoms with Crippen LogP contribution in [-0.4, -0.2) is 126 Å². The van der Waals surface area contributed by atoms with Gasteiger partial charge in [-0.15, -0.1) is 0 Å². The van der Waals surface area contributed by atoms with Crippen LogP contribution in [0.4, 0.5) is 0 Å². The number of allylic oxidation sites excluding steroid dienone is 1. The van der Waals surface area contributed by atoms with E-state index >= 15 is 0 Å². The third kappa shape index (κ3) is 41.1. The minimum Gasteiger partial charge on any atom is -0.462 e. The van der Waals surface area contributed by atoms with Crippen LogP contribution in [0.1, 0.15) is 524 Å². The van der Waals surface area contributed by atoms with Gasteiger partial charge in [-0.25, -0.2) is 0 Å². The zero-order valence-electron chi connectivity index (χ0n) is 99.6. The summed E-state index contributed by atoms with van der Waals surface area (Å²) in [4.78, 5) is 54.4. The first kappa shape index (κ1) is 130. The lowest BCUT2D eigenvalue weighted by molar-refractivity contribution is -0.171. The Kier molecular flexibility index (Phi) is 63.5. The van der Waals surface area contributed by atoms with Gasteiger partial charge in [-0.3, -0.25) is 24.0 Å². The number of hydrogen-bond acceptors (Lipinski definition) is 16. The summed E-state index contributed by atoms with van der Waals surface area (Å²) >= 11 is 2.17. The van der Waals surface area contributed by atoms with Gasteiger partial charge in [0.2, 0.25) is 0 Å². The van der Waals surface area contributed by atoms with Gasteiger partial charge in [0.1, 0.15) is 18.3 Å². The molecule has 836 valence electrons. The predicted molar refractivity (Wildman–Crippen MR) is 608 cm³/mol. The molecule has 4 bridgehead atoms. The zero-order chi connectivity index (χ0) is 106. The molecule has 143 heavy (non-hydrogen) atoms. The Hall–Kier alpha value is -3.02. The van der Waals surface area contributed by atoms with Crippen molar-refractivity contribution in [2.45, 2.75) is 614 Å². The summed E-state index contributed by atoms with van der Waals surface area (Å²) in [7, 11) is 0. The van der Waals surface area contributed by atoms with Crippen LogP contribution in [0.2, 0.25) is 0 Å². The van der Waals surface area contributed by atoms with Gasteiger partial charge in [-0.2, -0.15) is 11.8 Å². The monoisotopic (exact) mass is 2030 g/mol. The Morgan fingerprint density at radius 1 is 0.350 bits per heavy atom. The fourth-order valence-corrected chi connectivity index (χ4v) is 31.0. The zero-order valence-corrected chi connectivity index (χ0v) is 100. The van der Waals surface area contributed by atoms with Gasteiger partial charge >= 0.3 is 29.8 Å². The molecule has 17 aliphatic rings. The van der Waals surface area contributed by atoms with Crippen molar-refractivity contribution < 1.29 is 52.4 Å². The average molecular weight is 2030 g/mol. The first-order valence-electron chi connectivity index (χ1n) is 62.2. The molecule has 15 nitrogen and oxygen atoms in total. The molecule has 0 radical (unpaired) electrons. The largest absolute Gasteiger partial charge is 0.462 e. The number of carbonyl (C=O) groups excluding carboxylic acids is 5. The van der Waals surface area contributed by atoms with Gasteiger partial charge in [0.05, 0.1) is 43.2 Å². The fraction of sp³-hybridized carbons (Fsp3) is 0.929. The molecule has 15 fully saturated rings. The molecule has 15 unspecified atom stereocenters. The topological polar surface area (TPSA) is 189 Å². The fourth-order valence-electron chi connectivity index (χ4n) is 29.6. The second kappa shape index (κ2) is 69.6. The highest BCUT2D eigenvalue weighted by atomic mass is 32.2. The van der Waals surface area contributed by atoms with E-state index in [1.807, 2.05) is 13.8 Å². The maximum atomic E-state index is 11.2. The van der Waals surface area contributed by atoms with Crippen LogP contribution in [0.5, 0.6) is 0 Å². The van der Waals surface area contributed by atoms with Crippen molar-refractivity contribution in [3.63, 3.8) is 0 Å². The van der Waals surface area contributed by atoms with Crippen molar-refractivity contribution in [1.82, 2.24) is 21.3 Å². The molecule has 8 aliphatic carbocycles. The minimum atomic E-state index is -0.364. The van der Waals surface area contributed by atoms with Gasteiger partial charge in [0.15, 0.2) is 0 Å². The molecule has 0 spiro atoms. The number of hydrogen-bond donors (Lipinski definition) is 4. The summed E-state index contributed by atoms with van der Waals surface area (Å²) in [6.07, 6.45) is 65.0. The van der Waals surface area contributed by atoms with Crippen LogP contribution >= 0.6 is 11.8 Å². The number of nitrogens with one attached hydrogen (secondary N) is 4. The third-order valence-electron chi connectivity index (χ3n) is 39.5. The molecule has 0 amide bonds.